The molecule has 0 spiro atoms. The summed E-state index contributed by atoms with van der Waals surface area (Å²) in [4.78, 5) is 12.5. The van der Waals surface area contributed by atoms with Gasteiger partial charge in [-0.05, 0) is 41.9 Å². The summed E-state index contributed by atoms with van der Waals surface area (Å²) >= 11 is 5.00. The summed E-state index contributed by atoms with van der Waals surface area (Å²) in [5.74, 6) is -0.777. The summed E-state index contributed by atoms with van der Waals surface area (Å²) in [5.41, 5.74) is -1.19. The third-order valence-corrected chi connectivity index (χ3v) is 5.30. The number of aliphatic carboxylic acids is 1. The van der Waals surface area contributed by atoms with Crippen LogP contribution in [0.4, 0.5) is 0 Å². The van der Waals surface area contributed by atoms with Gasteiger partial charge in [-0.2, -0.15) is 0 Å². The number of rotatable bonds is 3. The first-order chi connectivity index (χ1) is 7.40. The number of carboxylic acid groups (broad SMARTS) is 1. The van der Waals surface area contributed by atoms with Gasteiger partial charge in [0.2, 0.25) is 0 Å². The van der Waals surface area contributed by atoms with Crippen molar-refractivity contribution in [2.24, 2.45) is 5.41 Å². The second kappa shape index (κ2) is 3.82. The van der Waals surface area contributed by atoms with Crippen molar-refractivity contribution in [3.05, 3.63) is 20.8 Å². The van der Waals surface area contributed by atoms with Crippen LogP contribution in [-0.4, -0.2) is 24.3 Å². The summed E-state index contributed by atoms with van der Waals surface area (Å²) in [6.45, 7) is 4.51. The van der Waals surface area contributed by atoms with E-state index in [1.54, 1.807) is 25.2 Å². The molecule has 0 bridgehead atoms. The molecular formula is C11H13BrO3S. The Balaban J connectivity index is 2.44. The molecule has 0 atom stereocenters. The number of ether oxygens (including phenoxy) is 1. The standard InChI is InChI=1S/C11H13BrO3S/c1-10(2,9(13)14)11(5-15-6-11)7-3-4-8(12)16-7/h3-4H,5-6H2,1-2H3,(H,13,14). The van der Waals surface area contributed by atoms with Gasteiger partial charge < -0.3 is 9.84 Å². The Bertz CT molecular complexity index is 421. The molecule has 0 unspecified atom stereocenters. The van der Waals surface area contributed by atoms with E-state index in [2.05, 4.69) is 15.9 Å². The molecule has 1 aromatic heterocycles. The van der Waals surface area contributed by atoms with Crippen LogP contribution in [0.25, 0.3) is 0 Å². The van der Waals surface area contributed by atoms with Crippen LogP contribution in [0.2, 0.25) is 0 Å². The summed E-state index contributed by atoms with van der Waals surface area (Å²) < 4.78 is 6.29. The Morgan fingerprint density at radius 1 is 1.56 bits per heavy atom. The number of halogens is 1. The van der Waals surface area contributed by atoms with Crippen LogP contribution in [0, 0.1) is 5.41 Å². The summed E-state index contributed by atoms with van der Waals surface area (Å²) in [5, 5.41) is 9.35. The van der Waals surface area contributed by atoms with Crippen LogP contribution < -0.4 is 0 Å². The average molecular weight is 305 g/mol. The highest BCUT2D eigenvalue weighted by Gasteiger charge is 2.57. The Labute approximate surface area is 107 Å². The fourth-order valence-electron chi connectivity index (χ4n) is 1.89. The fraction of sp³-hybridized carbons (Fsp3) is 0.545. The normalized spacial score (nSPS) is 19.2. The number of carbonyl (C=O) groups is 1. The van der Waals surface area contributed by atoms with Gasteiger partial charge in [0.05, 0.1) is 27.8 Å². The largest absolute Gasteiger partial charge is 0.481 e. The van der Waals surface area contributed by atoms with E-state index < -0.39 is 11.4 Å². The van der Waals surface area contributed by atoms with Gasteiger partial charge in [0.1, 0.15) is 0 Å². The number of carboxylic acids is 1. The molecule has 0 aromatic carbocycles. The van der Waals surface area contributed by atoms with Gasteiger partial charge in [0, 0.05) is 4.88 Å². The molecule has 0 aliphatic carbocycles. The summed E-state index contributed by atoms with van der Waals surface area (Å²) in [6, 6.07) is 3.94. The smallest absolute Gasteiger partial charge is 0.310 e. The molecule has 1 saturated heterocycles. The van der Waals surface area contributed by atoms with Gasteiger partial charge in [-0.25, -0.2) is 0 Å². The highest BCUT2D eigenvalue weighted by Crippen LogP contribution is 2.50. The second-order valence-corrected chi connectivity index (χ2v) is 7.07. The summed E-state index contributed by atoms with van der Waals surface area (Å²) in [7, 11) is 0. The van der Waals surface area contributed by atoms with Gasteiger partial charge in [-0.15, -0.1) is 11.3 Å². The molecule has 1 fully saturated rings. The van der Waals surface area contributed by atoms with Crippen molar-refractivity contribution >= 4 is 33.2 Å². The molecule has 5 heteroatoms. The van der Waals surface area contributed by atoms with Crippen LogP contribution in [0.15, 0.2) is 15.9 Å². The molecule has 0 saturated carbocycles. The van der Waals surface area contributed by atoms with E-state index in [1.807, 2.05) is 12.1 Å². The minimum atomic E-state index is -0.810. The van der Waals surface area contributed by atoms with E-state index >= 15 is 0 Å². The zero-order valence-electron chi connectivity index (χ0n) is 9.12. The number of thiophene rings is 1. The lowest BCUT2D eigenvalue weighted by Gasteiger charge is -2.49. The van der Waals surface area contributed by atoms with Crippen LogP contribution in [0.5, 0.6) is 0 Å². The van der Waals surface area contributed by atoms with E-state index in [0.29, 0.717) is 13.2 Å². The van der Waals surface area contributed by atoms with Gasteiger partial charge in [-0.3, -0.25) is 4.79 Å². The Morgan fingerprint density at radius 3 is 2.50 bits per heavy atom. The third kappa shape index (κ3) is 1.53. The quantitative estimate of drug-likeness (QED) is 0.934. The predicted octanol–water partition coefficient (Wildman–Crippen LogP) is 2.89. The highest BCUT2D eigenvalue weighted by atomic mass is 79.9. The Morgan fingerprint density at radius 2 is 2.19 bits per heavy atom. The lowest BCUT2D eigenvalue weighted by Crippen LogP contribution is -2.59. The molecule has 1 N–H and O–H groups in total. The fourth-order valence-corrected chi connectivity index (χ4v) is 3.60. The lowest BCUT2D eigenvalue weighted by molar-refractivity contribution is -0.170. The monoisotopic (exact) mass is 304 g/mol. The van der Waals surface area contributed by atoms with Gasteiger partial charge in [-0.1, -0.05) is 0 Å². The van der Waals surface area contributed by atoms with Gasteiger partial charge >= 0.3 is 5.97 Å². The minimum absolute atomic E-state index is 0.379. The van der Waals surface area contributed by atoms with E-state index in [9.17, 15) is 9.90 Å². The van der Waals surface area contributed by atoms with E-state index in [-0.39, 0.29) is 5.41 Å². The first-order valence-electron chi connectivity index (χ1n) is 4.97. The van der Waals surface area contributed by atoms with Crippen LogP contribution >= 0.6 is 27.3 Å². The third-order valence-electron chi connectivity index (χ3n) is 3.47. The molecule has 0 radical (unpaired) electrons. The molecule has 16 heavy (non-hydrogen) atoms. The maximum absolute atomic E-state index is 11.4. The van der Waals surface area contributed by atoms with Crippen LogP contribution in [-0.2, 0) is 14.9 Å². The minimum Gasteiger partial charge on any atom is -0.481 e. The van der Waals surface area contributed by atoms with Crippen LogP contribution in [0.1, 0.15) is 18.7 Å². The molecule has 1 aliphatic rings. The first-order valence-corrected chi connectivity index (χ1v) is 6.58. The molecule has 1 aliphatic heterocycles. The number of hydrogen-bond acceptors (Lipinski definition) is 3. The van der Waals surface area contributed by atoms with Crippen molar-refractivity contribution in [1.82, 2.24) is 0 Å². The molecule has 0 amide bonds. The topological polar surface area (TPSA) is 46.5 Å². The SMILES string of the molecule is CC(C)(C(=O)O)C1(c2ccc(Br)s2)COC1. The number of hydrogen-bond donors (Lipinski definition) is 1. The zero-order chi connectivity index (χ0) is 12.0. The average Bonchev–Trinajstić information content (AvgIpc) is 2.49. The van der Waals surface area contributed by atoms with Crippen LogP contribution in [0.3, 0.4) is 0 Å². The van der Waals surface area contributed by atoms with Crippen molar-refractivity contribution in [2.45, 2.75) is 19.3 Å². The summed E-state index contributed by atoms with van der Waals surface area (Å²) in [6.07, 6.45) is 0. The Hall–Kier alpha value is -0.390. The zero-order valence-corrected chi connectivity index (χ0v) is 11.5. The van der Waals surface area contributed by atoms with E-state index in [4.69, 9.17) is 4.74 Å². The maximum atomic E-state index is 11.4. The van der Waals surface area contributed by atoms with Crippen molar-refractivity contribution in [3.63, 3.8) is 0 Å². The molecule has 1 aromatic rings. The van der Waals surface area contributed by atoms with Gasteiger partial charge in [0.25, 0.3) is 0 Å². The van der Waals surface area contributed by atoms with Crippen molar-refractivity contribution in [2.75, 3.05) is 13.2 Å². The molecule has 2 heterocycles. The van der Waals surface area contributed by atoms with Crippen molar-refractivity contribution in [1.29, 1.82) is 0 Å². The first kappa shape index (κ1) is 12.1. The van der Waals surface area contributed by atoms with E-state index in [0.717, 1.165) is 8.66 Å². The highest BCUT2D eigenvalue weighted by molar-refractivity contribution is 9.11. The predicted molar refractivity (Wildman–Crippen MR) is 65.9 cm³/mol. The van der Waals surface area contributed by atoms with E-state index in [1.165, 1.54) is 0 Å². The lowest BCUT2D eigenvalue weighted by atomic mass is 9.63. The molecule has 3 nitrogen and oxygen atoms in total. The molecular weight excluding hydrogens is 292 g/mol. The van der Waals surface area contributed by atoms with Crippen molar-refractivity contribution in [3.8, 4) is 0 Å². The molecule has 2 rings (SSSR count). The van der Waals surface area contributed by atoms with Gasteiger partial charge in [0.15, 0.2) is 0 Å². The second-order valence-electron chi connectivity index (χ2n) is 4.61. The van der Waals surface area contributed by atoms with Crippen molar-refractivity contribution < 1.29 is 14.6 Å². The Kier molecular flexibility index (Phi) is 2.88. The molecule has 88 valence electrons. The maximum Gasteiger partial charge on any atom is 0.310 e.